The number of hydrogen-bond acceptors (Lipinski definition) is 4. The molecule has 1 N–H and O–H groups in total. The van der Waals surface area contributed by atoms with E-state index >= 15 is 0 Å². The van der Waals surface area contributed by atoms with Gasteiger partial charge in [0.15, 0.2) is 0 Å². The van der Waals surface area contributed by atoms with Crippen molar-refractivity contribution >= 4 is 15.7 Å². The zero-order valence-electron chi connectivity index (χ0n) is 10.8. The normalized spacial score (nSPS) is 24.3. The van der Waals surface area contributed by atoms with Gasteiger partial charge in [-0.1, -0.05) is 0 Å². The Hall–Kier alpha value is -1.08. The lowest BCUT2D eigenvalue weighted by molar-refractivity contribution is 0.00401. The molecule has 1 saturated heterocycles. The van der Waals surface area contributed by atoms with Gasteiger partial charge < -0.3 is 4.74 Å². The van der Waals surface area contributed by atoms with Gasteiger partial charge in [-0.25, -0.2) is 8.42 Å². The second kappa shape index (κ2) is 5.13. The van der Waals surface area contributed by atoms with Gasteiger partial charge in [-0.05, 0) is 32.1 Å². The summed E-state index contributed by atoms with van der Waals surface area (Å²) in [4.78, 5) is 0. The minimum atomic E-state index is -3.19. The molecule has 7 heteroatoms. The highest BCUT2D eigenvalue weighted by Crippen LogP contribution is 2.29. The molecule has 106 valence electrons. The Balaban J connectivity index is 1.59. The summed E-state index contributed by atoms with van der Waals surface area (Å²) in [6, 6.07) is 0. The predicted octanol–water partition coefficient (Wildman–Crippen LogP) is 1.36. The van der Waals surface area contributed by atoms with Crippen LogP contribution in [0.2, 0.25) is 0 Å². The zero-order chi connectivity index (χ0) is 13.3. The third kappa shape index (κ3) is 3.27. The minimum absolute atomic E-state index is 0.196. The molecule has 2 aliphatic rings. The summed E-state index contributed by atoms with van der Waals surface area (Å²) >= 11 is 0. The zero-order valence-corrected chi connectivity index (χ0v) is 11.6. The molecule has 1 aromatic rings. The van der Waals surface area contributed by atoms with E-state index in [1.165, 1.54) is 6.42 Å². The van der Waals surface area contributed by atoms with Crippen LogP contribution in [0.5, 0.6) is 0 Å². The Kier molecular flexibility index (Phi) is 3.49. The molecule has 6 nitrogen and oxygen atoms in total. The Labute approximate surface area is 113 Å². The van der Waals surface area contributed by atoms with Gasteiger partial charge in [0.2, 0.25) is 10.0 Å². The third-order valence-electron chi connectivity index (χ3n) is 3.52. The minimum Gasteiger partial charge on any atom is -0.376 e. The topological polar surface area (TPSA) is 73.2 Å². The van der Waals surface area contributed by atoms with E-state index in [2.05, 4.69) is 9.82 Å². The van der Waals surface area contributed by atoms with Crippen LogP contribution in [0.25, 0.3) is 0 Å². The first-order valence-corrected chi connectivity index (χ1v) is 8.34. The van der Waals surface area contributed by atoms with Crippen LogP contribution < -0.4 is 4.72 Å². The fourth-order valence-electron chi connectivity index (χ4n) is 2.30. The van der Waals surface area contributed by atoms with Crippen molar-refractivity contribution in [3.63, 3.8) is 0 Å². The molecule has 0 spiro atoms. The van der Waals surface area contributed by atoms with Crippen LogP contribution in [0.1, 0.15) is 32.1 Å². The fourth-order valence-corrected chi connectivity index (χ4v) is 3.66. The quantitative estimate of drug-likeness (QED) is 0.886. The van der Waals surface area contributed by atoms with Crippen molar-refractivity contribution in [3.8, 4) is 0 Å². The lowest BCUT2D eigenvalue weighted by atomic mass is 10.1. The highest BCUT2D eigenvalue weighted by atomic mass is 32.2. The third-order valence-corrected chi connectivity index (χ3v) is 5.39. The van der Waals surface area contributed by atoms with Crippen LogP contribution in [-0.2, 0) is 21.3 Å². The van der Waals surface area contributed by atoms with Crippen LogP contribution in [-0.4, -0.2) is 36.2 Å². The van der Waals surface area contributed by atoms with Crippen LogP contribution >= 0.6 is 0 Å². The molecular formula is C12H19N3O3S. The van der Waals surface area contributed by atoms with Crippen LogP contribution in [0.15, 0.2) is 12.4 Å². The van der Waals surface area contributed by atoms with Crippen molar-refractivity contribution in [3.05, 3.63) is 12.4 Å². The summed E-state index contributed by atoms with van der Waals surface area (Å²) in [6.07, 6.45) is 8.37. The van der Waals surface area contributed by atoms with Gasteiger partial charge in [0.05, 0.1) is 29.8 Å². The number of hydrogen-bond donors (Lipinski definition) is 1. The van der Waals surface area contributed by atoms with Gasteiger partial charge >= 0.3 is 0 Å². The SMILES string of the molecule is O=S(=O)(Nc1cnn(C[C@H]2CCCCO2)c1)C1CC1. The Morgan fingerprint density at radius 3 is 2.89 bits per heavy atom. The van der Waals surface area contributed by atoms with Crippen molar-refractivity contribution in [1.82, 2.24) is 9.78 Å². The summed E-state index contributed by atoms with van der Waals surface area (Å²) < 4.78 is 33.6. The molecule has 2 fully saturated rings. The molecule has 0 bridgehead atoms. The van der Waals surface area contributed by atoms with Gasteiger partial charge in [-0.3, -0.25) is 9.40 Å². The standard InChI is InChI=1S/C12H19N3O3S/c16-19(17,12-4-5-12)14-10-7-13-15(8-10)9-11-3-1-2-6-18-11/h7-8,11-12,14H,1-6,9H2/t11-/m1/s1. The summed E-state index contributed by atoms with van der Waals surface area (Å²) in [6.45, 7) is 1.50. The van der Waals surface area contributed by atoms with Gasteiger partial charge in [0.25, 0.3) is 0 Å². The van der Waals surface area contributed by atoms with Gasteiger partial charge in [0.1, 0.15) is 0 Å². The van der Waals surface area contributed by atoms with E-state index < -0.39 is 10.0 Å². The summed E-state index contributed by atoms with van der Waals surface area (Å²) in [5.41, 5.74) is 0.544. The molecule has 1 aliphatic heterocycles. The largest absolute Gasteiger partial charge is 0.376 e. The second-order valence-corrected chi connectivity index (χ2v) is 7.25. The van der Waals surface area contributed by atoms with E-state index in [-0.39, 0.29) is 11.4 Å². The lowest BCUT2D eigenvalue weighted by Gasteiger charge is -2.22. The summed E-state index contributed by atoms with van der Waals surface area (Å²) in [5.74, 6) is 0. The van der Waals surface area contributed by atoms with Crippen molar-refractivity contribution in [2.45, 2.75) is 50.0 Å². The molecule has 1 aliphatic carbocycles. The number of rotatable bonds is 5. The molecule has 19 heavy (non-hydrogen) atoms. The monoisotopic (exact) mass is 285 g/mol. The molecule has 3 rings (SSSR count). The molecule has 1 saturated carbocycles. The smallest absolute Gasteiger partial charge is 0.235 e. The van der Waals surface area contributed by atoms with Gasteiger partial charge in [0, 0.05) is 12.8 Å². The number of anilines is 1. The Bertz CT molecular complexity index is 530. The molecule has 0 unspecified atom stereocenters. The van der Waals surface area contributed by atoms with E-state index in [4.69, 9.17) is 4.74 Å². The highest BCUT2D eigenvalue weighted by molar-refractivity contribution is 7.93. The predicted molar refractivity (Wildman–Crippen MR) is 71.4 cm³/mol. The van der Waals surface area contributed by atoms with E-state index in [0.29, 0.717) is 12.2 Å². The van der Waals surface area contributed by atoms with E-state index in [9.17, 15) is 8.42 Å². The van der Waals surface area contributed by atoms with Crippen molar-refractivity contribution < 1.29 is 13.2 Å². The number of nitrogens with one attached hydrogen (secondary N) is 1. The Morgan fingerprint density at radius 2 is 2.21 bits per heavy atom. The number of aromatic nitrogens is 2. The van der Waals surface area contributed by atoms with E-state index in [1.807, 2.05) is 0 Å². The van der Waals surface area contributed by atoms with Crippen LogP contribution in [0.3, 0.4) is 0 Å². The first kappa shape index (κ1) is 12.9. The van der Waals surface area contributed by atoms with Crippen molar-refractivity contribution in [1.29, 1.82) is 0 Å². The molecule has 0 amide bonds. The number of ether oxygens (including phenoxy) is 1. The maximum absolute atomic E-state index is 11.8. The van der Waals surface area contributed by atoms with E-state index in [1.54, 1.807) is 17.1 Å². The first-order chi connectivity index (χ1) is 9.13. The maximum atomic E-state index is 11.8. The summed E-state index contributed by atoms with van der Waals surface area (Å²) in [5, 5.41) is 3.97. The molecule has 1 atom stereocenters. The number of sulfonamides is 1. The summed E-state index contributed by atoms with van der Waals surface area (Å²) in [7, 11) is -3.19. The average molecular weight is 285 g/mol. The second-order valence-electron chi connectivity index (χ2n) is 5.29. The fraction of sp³-hybridized carbons (Fsp3) is 0.750. The first-order valence-electron chi connectivity index (χ1n) is 6.79. The molecule has 0 aromatic carbocycles. The van der Waals surface area contributed by atoms with Gasteiger partial charge in [-0.15, -0.1) is 0 Å². The maximum Gasteiger partial charge on any atom is 0.235 e. The van der Waals surface area contributed by atoms with Crippen molar-refractivity contribution in [2.24, 2.45) is 0 Å². The van der Waals surface area contributed by atoms with Crippen LogP contribution in [0.4, 0.5) is 5.69 Å². The molecule has 1 aromatic heterocycles. The highest BCUT2D eigenvalue weighted by Gasteiger charge is 2.35. The molecular weight excluding hydrogens is 266 g/mol. The van der Waals surface area contributed by atoms with E-state index in [0.717, 1.165) is 32.3 Å². The molecule has 0 radical (unpaired) electrons. The molecule has 2 heterocycles. The lowest BCUT2D eigenvalue weighted by Crippen LogP contribution is -2.24. The van der Waals surface area contributed by atoms with Crippen LogP contribution in [0, 0.1) is 0 Å². The van der Waals surface area contributed by atoms with Gasteiger partial charge in [-0.2, -0.15) is 5.10 Å². The van der Waals surface area contributed by atoms with Crippen molar-refractivity contribution in [2.75, 3.05) is 11.3 Å². The average Bonchev–Trinajstić information content (AvgIpc) is 3.16. The number of nitrogens with zero attached hydrogens (tertiary/aromatic N) is 2. The Morgan fingerprint density at radius 1 is 1.37 bits per heavy atom.